The predicted octanol–water partition coefficient (Wildman–Crippen LogP) is 4.90. The molecule has 0 saturated heterocycles. The Hall–Kier alpha value is -3.73. The van der Waals surface area contributed by atoms with Crippen molar-refractivity contribution in [1.29, 1.82) is 0 Å². The van der Waals surface area contributed by atoms with Gasteiger partial charge in [0.15, 0.2) is 0 Å². The van der Waals surface area contributed by atoms with E-state index in [1.807, 2.05) is 48.5 Å². The van der Waals surface area contributed by atoms with Crippen LogP contribution in [0.25, 0.3) is 10.8 Å². The van der Waals surface area contributed by atoms with E-state index in [0.29, 0.717) is 29.1 Å². The Morgan fingerprint density at radius 1 is 0.968 bits per heavy atom. The minimum Gasteiger partial charge on any atom is -0.321 e. The molecular weight excluding hydrogens is 386 g/mol. The molecule has 0 aliphatic rings. The Balaban J connectivity index is 1.59. The molecule has 2 heterocycles. The van der Waals surface area contributed by atoms with Gasteiger partial charge in [0.25, 0.3) is 11.5 Å². The van der Waals surface area contributed by atoms with Gasteiger partial charge in [-0.05, 0) is 59.9 Å². The number of pyridine rings is 2. The molecule has 0 atom stereocenters. The molecule has 0 aliphatic carbocycles. The number of nitrogens with one attached hydrogen (secondary N) is 1. The third-order valence-corrected chi connectivity index (χ3v) is 5.20. The number of benzene rings is 2. The lowest BCUT2D eigenvalue weighted by molar-refractivity contribution is 0.102. The molecule has 0 fully saturated rings. The van der Waals surface area contributed by atoms with Gasteiger partial charge >= 0.3 is 0 Å². The molecule has 156 valence electrons. The fraction of sp³-hybridized carbons (Fsp3) is 0.192. The number of rotatable bonds is 6. The van der Waals surface area contributed by atoms with Crippen LogP contribution in [0.5, 0.6) is 0 Å². The zero-order valence-electron chi connectivity index (χ0n) is 17.7. The first-order chi connectivity index (χ1) is 15.0. The molecule has 2 aromatic heterocycles. The first-order valence-electron chi connectivity index (χ1n) is 10.4. The zero-order valence-corrected chi connectivity index (χ0v) is 17.7. The van der Waals surface area contributed by atoms with Crippen LogP contribution in [0, 0.1) is 5.92 Å². The van der Waals surface area contributed by atoms with Crippen LogP contribution in [0.15, 0.2) is 84.0 Å². The van der Waals surface area contributed by atoms with Crippen molar-refractivity contribution >= 4 is 22.4 Å². The van der Waals surface area contributed by atoms with Crippen molar-refractivity contribution < 1.29 is 4.79 Å². The molecular formula is C26H25N3O2. The largest absolute Gasteiger partial charge is 0.321 e. The maximum Gasteiger partial charge on any atom is 0.258 e. The molecule has 5 heteroatoms. The van der Waals surface area contributed by atoms with Crippen molar-refractivity contribution in [3.63, 3.8) is 0 Å². The summed E-state index contributed by atoms with van der Waals surface area (Å²) >= 11 is 0. The molecule has 5 nitrogen and oxygen atoms in total. The minimum atomic E-state index is -0.192. The first-order valence-corrected chi connectivity index (χ1v) is 10.4. The smallest absolute Gasteiger partial charge is 0.258 e. The van der Waals surface area contributed by atoms with Crippen molar-refractivity contribution in [3.05, 3.63) is 106 Å². The summed E-state index contributed by atoms with van der Waals surface area (Å²) in [6.07, 6.45) is 6.20. The number of amides is 1. The normalized spacial score (nSPS) is 11.1. The third-order valence-electron chi connectivity index (χ3n) is 5.20. The van der Waals surface area contributed by atoms with Gasteiger partial charge in [0, 0.05) is 40.6 Å². The summed E-state index contributed by atoms with van der Waals surface area (Å²) < 4.78 is 1.65. The van der Waals surface area contributed by atoms with Crippen molar-refractivity contribution in [1.82, 2.24) is 9.55 Å². The van der Waals surface area contributed by atoms with E-state index in [1.165, 1.54) is 5.56 Å². The van der Waals surface area contributed by atoms with Gasteiger partial charge in [-0.15, -0.1) is 0 Å². The molecule has 4 rings (SSSR count). The Morgan fingerprint density at radius 3 is 2.48 bits per heavy atom. The Bertz CT molecular complexity index is 1260. The van der Waals surface area contributed by atoms with Crippen LogP contribution >= 0.6 is 0 Å². The Labute approximate surface area is 181 Å². The molecule has 0 unspecified atom stereocenters. The van der Waals surface area contributed by atoms with E-state index < -0.39 is 0 Å². The number of hydrogen-bond acceptors (Lipinski definition) is 3. The third kappa shape index (κ3) is 4.72. The van der Waals surface area contributed by atoms with Gasteiger partial charge in [-0.3, -0.25) is 14.6 Å². The number of carbonyl (C=O) groups is 1. The highest BCUT2D eigenvalue weighted by atomic mass is 16.1. The lowest BCUT2D eigenvalue weighted by Gasteiger charge is -2.12. The van der Waals surface area contributed by atoms with Crippen molar-refractivity contribution in [3.8, 4) is 0 Å². The maximum atomic E-state index is 13.0. The van der Waals surface area contributed by atoms with Gasteiger partial charge in [0.2, 0.25) is 0 Å². The molecule has 0 saturated carbocycles. The average Bonchev–Trinajstić information content (AvgIpc) is 2.77. The van der Waals surface area contributed by atoms with E-state index in [1.54, 1.807) is 35.3 Å². The molecule has 1 amide bonds. The minimum absolute atomic E-state index is 0.101. The van der Waals surface area contributed by atoms with Crippen LogP contribution < -0.4 is 10.9 Å². The predicted molar refractivity (Wildman–Crippen MR) is 124 cm³/mol. The molecule has 1 N–H and O–H groups in total. The molecule has 0 spiro atoms. The maximum absolute atomic E-state index is 13.0. The van der Waals surface area contributed by atoms with E-state index in [0.717, 1.165) is 17.4 Å². The van der Waals surface area contributed by atoms with E-state index >= 15 is 0 Å². The van der Waals surface area contributed by atoms with Gasteiger partial charge in [0.1, 0.15) is 0 Å². The number of carbonyl (C=O) groups excluding carboxylic acids is 1. The fourth-order valence-corrected chi connectivity index (χ4v) is 3.70. The van der Waals surface area contributed by atoms with Gasteiger partial charge < -0.3 is 9.88 Å². The van der Waals surface area contributed by atoms with E-state index in [2.05, 4.69) is 24.1 Å². The number of aromatic nitrogens is 2. The fourth-order valence-electron chi connectivity index (χ4n) is 3.70. The van der Waals surface area contributed by atoms with Gasteiger partial charge in [-0.1, -0.05) is 38.1 Å². The standard InChI is InChI=1S/C26H25N3O2/c1-18(2)15-19-8-10-21(11-9-19)25(30)28-24-7-3-6-23-22(24)12-14-29(26(23)31)17-20-5-4-13-27-16-20/h3-14,16,18H,15,17H2,1-2H3,(H,28,30). The second-order valence-corrected chi connectivity index (χ2v) is 8.13. The van der Waals surface area contributed by atoms with Gasteiger partial charge in [-0.25, -0.2) is 0 Å². The molecule has 31 heavy (non-hydrogen) atoms. The number of nitrogens with zero attached hydrogens (tertiary/aromatic N) is 2. The number of hydrogen-bond donors (Lipinski definition) is 1. The Kier molecular flexibility index (Phi) is 5.94. The molecule has 0 bridgehead atoms. The number of anilines is 1. The van der Waals surface area contributed by atoms with Crippen LogP contribution in [0.4, 0.5) is 5.69 Å². The Morgan fingerprint density at radius 2 is 1.77 bits per heavy atom. The first kappa shape index (κ1) is 20.5. The highest BCUT2D eigenvalue weighted by molar-refractivity contribution is 6.09. The molecule has 2 aromatic carbocycles. The average molecular weight is 412 g/mol. The summed E-state index contributed by atoms with van der Waals surface area (Å²) in [5, 5.41) is 4.25. The number of fused-ring (bicyclic) bond motifs is 1. The van der Waals surface area contributed by atoms with Crippen LogP contribution in [0.2, 0.25) is 0 Å². The van der Waals surface area contributed by atoms with E-state index in [9.17, 15) is 9.59 Å². The lowest BCUT2D eigenvalue weighted by Crippen LogP contribution is -2.21. The summed E-state index contributed by atoms with van der Waals surface area (Å²) in [6.45, 7) is 4.79. The molecule has 0 radical (unpaired) electrons. The highest BCUT2D eigenvalue weighted by Gasteiger charge is 2.11. The van der Waals surface area contributed by atoms with Crippen LogP contribution in [-0.2, 0) is 13.0 Å². The summed E-state index contributed by atoms with van der Waals surface area (Å²) in [6, 6.07) is 18.7. The second-order valence-electron chi connectivity index (χ2n) is 8.13. The summed E-state index contributed by atoms with van der Waals surface area (Å²) in [7, 11) is 0. The van der Waals surface area contributed by atoms with E-state index in [4.69, 9.17) is 0 Å². The highest BCUT2D eigenvalue weighted by Crippen LogP contribution is 2.22. The molecule has 4 aromatic rings. The summed E-state index contributed by atoms with van der Waals surface area (Å²) in [5.74, 6) is 0.376. The quantitative estimate of drug-likeness (QED) is 0.491. The second kappa shape index (κ2) is 8.96. The van der Waals surface area contributed by atoms with Crippen LogP contribution in [0.1, 0.15) is 35.3 Å². The summed E-state index contributed by atoms with van der Waals surface area (Å²) in [4.78, 5) is 29.9. The van der Waals surface area contributed by atoms with Gasteiger partial charge in [0.05, 0.1) is 6.54 Å². The lowest BCUT2D eigenvalue weighted by atomic mass is 10.0. The van der Waals surface area contributed by atoms with Crippen molar-refractivity contribution in [2.24, 2.45) is 5.92 Å². The van der Waals surface area contributed by atoms with Crippen LogP contribution in [0.3, 0.4) is 0 Å². The van der Waals surface area contributed by atoms with Crippen LogP contribution in [-0.4, -0.2) is 15.5 Å². The van der Waals surface area contributed by atoms with Crippen molar-refractivity contribution in [2.75, 3.05) is 5.32 Å². The van der Waals surface area contributed by atoms with E-state index in [-0.39, 0.29) is 11.5 Å². The topological polar surface area (TPSA) is 64.0 Å². The van der Waals surface area contributed by atoms with Crippen molar-refractivity contribution in [2.45, 2.75) is 26.8 Å². The zero-order chi connectivity index (χ0) is 21.8. The van der Waals surface area contributed by atoms with Gasteiger partial charge in [-0.2, -0.15) is 0 Å². The monoisotopic (exact) mass is 411 g/mol. The summed E-state index contributed by atoms with van der Waals surface area (Å²) in [5.41, 5.74) is 3.28. The molecule has 0 aliphatic heterocycles. The SMILES string of the molecule is CC(C)Cc1ccc(C(=O)Nc2cccc3c(=O)n(Cc4cccnc4)ccc23)cc1.